The van der Waals surface area contributed by atoms with E-state index >= 15 is 0 Å². The molecule has 0 aliphatic heterocycles. The van der Waals surface area contributed by atoms with Crippen LogP contribution >= 0.6 is 31.9 Å². The molecule has 5 N–H and O–H groups in total. The number of nitrogens with two attached hydrogens (primary N) is 1. The first-order valence-corrected chi connectivity index (χ1v) is 8.42. The van der Waals surface area contributed by atoms with Gasteiger partial charge in [-0.1, -0.05) is 0 Å². The van der Waals surface area contributed by atoms with Crippen molar-refractivity contribution in [1.29, 1.82) is 0 Å². The average molecular weight is 445 g/mol. The Hall–Kier alpha value is -1.80. The molecule has 0 spiro atoms. The summed E-state index contributed by atoms with van der Waals surface area (Å²) in [5, 5.41) is 2.81. The maximum atomic E-state index is 11.8. The van der Waals surface area contributed by atoms with Crippen LogP contribution < -0.4 is 20.8 Å². The zero-order valence-corrected chi connectivity index (χ0v) is 15.6. The van der Waals surface area contributed by atoms with Gasteiger partial charge in [0.05, 0.1) is 22.3 Å². The normalized spacial score (nSPS) is 10.9. The fourth-order valence-electron chi connectivity index (χ4n) is 1.97. The smallest absolute Gasteiger partial charge is 0.350 e. The second kappa shape index (κ2) is 8.16. The topological polar surface area (TPSA) is 94.3 Å². The lowest BCUT2D eigenvalue weighted by molar-refractivity contribution is -0.358. The lowest BCUT2D eigenvalue weighted by atomic mass is 10.2. The maximum Gasteiger partial charge on any atom is 0.350 e. The molecule has 0 bridgehead atoms. The van der Waals surface area contributed by atoms with Crippen molar-refractivity contribution in [3.63, 3.8) is 0 Å². The Morgan fingerprint density at radius 3 is 2.70 bits per heavy atom. The molecular weight excluding hydrogens is 428 g/mol. The van der Waals surface area contributed by atoms with Crippen molar-refractivity contribution < 1.29 is 14.5 Å². The summed E-state index contributed by atoms with van der Waals surface area (Å²) in [4.78, 5) is 17.6. The zero-order valence-electron chi connectivity index (χ0n) is 12.5. The summed E-state index contributed by atoms with van der Waals surface area (Å²) in [5.74, 6) is 1.06. The summed E-state index contributed by atoms with van der Waals surface area (Å²) in [5.41, 5.74) is 7.36. The van der Waals surface area contributed by atoms with Crippen molar-refractivity contribution in [2.45, 2.75) is 6.42 Å². The molecular formula is C15H17Br2N4O2+. The molecule has 0 radical (unpaired) electrons. The van der Waals surface area contributed by atoms with Crippen LogP contribution in [0.25, 0.3) is 6.08 Å². The third-order valence-electron chi connectivity index (χ3n) is 3.04. The van der Waals surface area contributed by atoms with Gasteiger partial charge in [-0.05, 0) is 55.6 Å². The molecule has 0 saturated heterocycles. The lowest BCUT2D eigenvalue weighted by Gasteiger charge is -2.07. The Morgan fingerprint density at radius 1 is 1.43 bits per heavy atom. The molecule has 0 saturated carbocycles. The number of aromatic nitrogens is 2. The van der Waals surface area contributed by atoms with E-state index in [9.17, 15) is 4.79 Å². The Morgan fingerprint density at radius 2 is 2.13 bits per heavy atom. The van der Waals surface area contributed by atoms with Gasteiger partial charge >= 0.3 is 5.95 Å². The van der Waals surface area contributed by atoms with E-state index in [-0.39, 0.29) is 5.91 Å². The number of methoxy groups -OCH3 is 1. The van der Waals surface area contributed by atoms with Crippen molar-refractivity contribution >= 4 is 49.8 Å². The molecule has 0 atom stereocenters. The van der Waals surface area contributed by atoms with Crippen LogP contribution in [0.4, 0.5) is 5.95 Å². The number of benzene rings is 1. The van der Waals surface area contributed by atoms with E-state index in [1.807, 2.05) is 12.1 Å². The highest BCUT2D eigenvalue weighted by Crippen LogP contribution is 2.34. The van der Waals surface area contributed by atoms with Crippen LogP contribution in [0.2, 0.25) is 0 Å². The Labute approximate surface area is 150 Å². The third kappa shape index (κ3) is 5.11. The molecule has 1 heterocycles. The van der Waals surface area contributed by atoms with Gasteiger partial charge in [-0.2, -0.15) is 0 Å². The number of nitrogen functional groups attached to an aromatic ring is 1. The number of anilines is 1. The number of aromatic amines is 2. The van der Waals surface area contributed by atoms with E-state index < -0.39 is 0 Å². The first-order valence-electron chi connectivity index (χ1n) is 6.83. The Balaban J connectivity index is 1.88. The predicted molar refractivity (Wildman–Crippen MR) is 95.9 cm³/mol. The second-order valence-corrected chi connectivity index (χ2v) is 6.45. The molecule has 2 aromatic rings. The van der Waals surface area contributed by atoms with Gasteiger partial charge in [0.25, 0.3) is 0 Å². The summed E-state index contributed by atoms with van der Waals surface area (Å²) in [6.07, 6.45) is 5.69. The van der Waals surface area contributed by atoms with E-state index in [2.05, 4.69) is 47.1 Å². The Bertz CT molecular complexity index is 705. The van der Waals surface area contributed by atoms with Crippen LogP contribution in [0, 0.1) is 0 Å². The minimum Gasteiger partial charge on any atom is -0.494 e. The molecule has 23 heavy (non-hydrogen) atoms. The van der Waals surface area contributed by atoms with Gasteiger partial charge in [-0.25, -0.2) is 9.97 Å². The number of rotatable bonds is 6. The largest absolute Gasteiger partial charge is 0.494 e. The number of halogens is 2. The number of carbonyl (C=O) groups is 1. The van der Waals surface area contributed by atoms with E-state index in [0.717, 1.165) is 20.2 Å². The standard InChI is InChI=1S/C15H16Br2N4O2/c1-23-14-11(16)6-9(7-12(14)17)2-3-13(22)19-5-4-10-8-20-15(18)21-10/h2-3,6-8H,4-5H2,1H3,(H,19,22)(H3,18,20,21)/p+1/b3-2+. The highest BCUT2D eigenvalue weighted by molar-refractivity contribution is 9.11. The van der Waals surface area contributed by atoms with E-state index in [1.165, 1.54) is 6.08 Å². The molecule has 0 aliphatic carbocycles. The molecule has 1 aromatic heterocycles. The summed E-state index contributed by atoms with van der Waals surface area (Å²) < 4.78 is 6.87. The maximum absolute atomic E-state index is 11.8. The molecule has 0 aliphatic rings. The number of nitrogens with one attached hydrogen (secondary N) is 3. The number of amides is 1. The van der Waals surface area contributed by atoms with Gasteiger partial charge < -0.3 is 10.1 Å². The van der Waals surface area contributed by atoms with E-state index in [1.54, 1.807) is 19.4 Å². The second-order valence-electron chi connectivity index (χ2n) is 4.74. The number of ether oxygens (including phenoxy) is 1. The van der Waals surface area contributed by atoms with Crippen molar-refractivity contribution in [2.75, 3.05) is 19.4 Å². The van der Waals surface area contributed by atoms with Crippen molar-refractivity contribution in [3.8, 4) is 5.75 Å². The predicted octanol–water partition coefficient (Wildman–Crippen LogP) is 2.32. The van der Waals surface area contributed by atoms with Gasteiger partial charge in [0.1, 0.15) is 11.4 Å². The quantitative estimate of drug-likeness (QED) is 0.596. The monoisotopic (exact) mass is 443 g/mol. The average Bonchev–Trinajstić information content (AvgIpc) is 2.90. The molecule has 6 nitrogen and oxygen atoms in total. The van der Waals surface area contributed by atoms with Crippen molar-refractivity contribution in [1.82, 2.24) is 10.3 Å². The summed E-state index contributed by atoms with van der Waals surface area (Å²) in [6, 6.07) is 3.76. The molecule has 122 valence electrons. The van der Waals surface area contributed by atoms with Crippen LogP contribution in [-0.4, -0.2) is 24.5 Å². The Kier molecular flexibility index (Phi) is 6.23. The van der Waals surface area contributed by atoms with Gasteiger partial charge in [-0.3, -0.25) is 10.5 Å². The first-order chi connectivity index (χ1) is 11.0. The number of imidazole rings is 1. The van der Waals surface area contributed by atoms with E-state index in [4.69, 9.17) is 10.5 Å². The zero-order chi connectivity index (χ0) is 16.8. The van der Waals surface area contributed by atoms with E-state index in [0.29, 0.717) is 24.7 Å². The van der Waals surface area contributed by atoms with Gasteiger partial charge in [-0.15, -0.1) is 0 Å². The first kappa shape index (κ1) is 17.6. The highest BCUT2D eigenvalue weighted by Gasteiger charge is 2.07. The molecule has 2 rings (SSSR count). The number of hydrogen-bond donors (Lipinski definition) is 3. The van der Waals surface area contributed by atoms with Crippen molar-refractivity contribution in [2.24, 2.45) is 0 Å². The third-order valence-corrected chi connectivity index (χ3v) is 4.22. The molecule has 1 aromatic carbocycles. The SMILES string of the molecule is COc1c(Br)cc(/C=C/C(=O)NCCc2c[nH+]c(N)[nH]2)cc1Br. The minimum atomic E-state index is -0.156. The molecule has 1 amide bonds. The summed E-state index contributed by atoms with van der Waals surface area (Å²) >= 11 is 6.86. The lowest BCUT2D eigenvalue weighted by Crippen LogP contribution is -2.23. The number of H-pyrrole nitrogens is 2. The highest BCUT2D eigenvalue weighted by atomic mass is 79.9. The summed E-state index contributed by atoms with van der Waals surface area (Å²) in [6.45, 7) is 0.521. The van der Waals surface area contributed by atoms with Crippen LogP contribution in [0.5, 0.6) is 5.75 Å². The molecule has 0 unspecified atom stereocenters. The van der Waals surface area contributed by atoms with Crippen LogP contribution in [0.3, 0.4) is 0 Å². The van der Waals surface area contributed by atoms with Crippen molar-refractivity contribution in [3.05, 3.63) is 44.6 Å². The summed E-state index contributed by atoms with van der Waals surface area (Å²) in [7, 11) is 1.60. The van der Waals surface area contributed by atoms with Crippen LogP contribution in [0.1, 0.15) is 11.3 Å². The molecule has 8 heteroatoms. The fraction of sp³-hybridized carbons (Fsp3) is 0.200. The van der Waals surface area contributed by atoms with Gasteiger partial charge in [0.2, 0.25) is 5.91 Å². The number of carbonyl (C=O) groups excluding carboxylic acids is 1. The van der Waals surface area contributed by atoms with Gasteiger partial charge in [0, 0.05) is 19.0 Å². The number of hydrogen-bond acceptors (Lipinski definition) is 3. The minimum absolute atomic E-state index is 0.156. The van der Waals surface area contributed by atoms with Crippen LogP contribution in [-0.2, 0) is 11.2 Å². The van der Waals surface area contributed by atoms with Gasteiger partial charge in [0.15, 0.2) is 0 Å². The fourth-order valence-corrected chi connectivity index (χ4v) is 3.51. The van der Waals surface area contributed by atoms with Crippen LogP contribution in [0.15, 0.2) is 33.4 Å². The molecule has 0 fully saturated rings.